The summed E-state index contributed by atoms with van der Waals surface area (Å²) in [7, 11) is 0. The van der Waals surface area contributed by atoms with Gasteiger partial charge in [-0.15, -0.1) is 0 Å². The maximum Gasteiger partial charge on any atom is 0.267 e. The van der Waals surface area contributed by atoms with Crippen LogP contribution in [0, 0.1) is 5.82 Å². The molecule has 0 bridgehead atoms. The zero-order valence-corrected chi connectivity index (χ0v) is 19.7. The third-order valence-electron chi connectivity index (χ3n) is 5.31. The molecule has 8 nitrogen and oxygen atoms in total. The summed E-state index contributed by atoms with van der Waals surface area (Å²) in [5, 5.41) is 3.59. The predicted octanol–water partition coefficient (Wildman–Crippen LogP) is 5.71. The van der Waals surface area contributed by atoms with Gasteiger partial charge in [0.15, 0.2) is 11.5 Å². The second-order valence-corrected chi connectivity index (χ2v) is 8.67. The monoisotopic (exact) mass is 517 g/mol. The first-order valence-electron chi connectivity index (χ1n) is 10.1. The normalized spacial score (nSPS) is 12.4. The fourth-order valence-electron chi connectivity index (χ4n) is 3.76. The first-order chi connectivity index (χ1) is 16.4. The molecule has 5 aromatic rings. The van der Waals surface area contributed by atoms with Gasteiger partial charge in [-0.25, -0.2) is 24.3 Å². The van der Waals surface area contributed by atoms with Gasteiger partial charge >= 0.3 is 0 Å². The molecular weight excluding hydrogens is 504 g/mol. The fourth-order valence-corrected chi connectivity index (χ4v) is 4.52. The molecule has 5 rings (SSSR count). The minimum Gasteiger partial charge on any atom is -0.358 e. The number of aromatic nitrogens is 6. The molecule has 1 unspecified atom stereocenters. The lowest BCUT2D eigenvalue weighted by Crippen LogP contribution is -2.28. The summed E-state index contributed by atoms with van der Waals surface area (Å²) in [4.78, 5) is 34.1. The lowest BCUT2D eigenvalue weighted by molar-refractivity contribution is 0.628. The highest BCUT2D eigenvalue weighted by Crippen LogP contribution is 2.30. The van der Waals surface area contributed by atoms with E-state index in [1.54, 1.807) is 18.2 Å². The third kappa shape index (κ3) is 3.85. The summed E-state index contributed by atoms with van der Waals surface area (Å²) in [6.07, 6.45) is 3.42. The van der Waals surface area contributed by atoms with Gasteiger partial charge in [0.1, 0.15) is 23.5 Å². The lowest BCUT2D eigenvalue weighted by Gasteiger charge is -2.22. The number of rotatable bonds is 5. The van der Waals surface area contributed by atoms with E-state index in [1.807, 2.05) is 6.92 Å². The Hall–Kier alpha value is -3.27. The molecule has 2 aromatic carbocycles. The highest BCUT2D eigenvalue weighted by molar-refractivity contribution is 6.35. The molecule has 0 radical (unpaired) electrons. The number of hydrogen-bond acceptors (Lipinski definition) is 6. The molecule has 0 aliphatic carbocycles. The Kier molecular flexibility index (Phi) is 5.85. The fraction of sp³-hybridized carbons (Fsp3) is 0.136. The van der Waals surface area contributed by atoms with E-state index in [9.17, 15) is 9.18 Å². The van der Waals surface area contributed by atoms with Crippen molar-refractivity contribution in [2.24, 2.45) is 0 Å². The Morgan fingerprint density at radius 2 is 1.88 bits per heavy atom. The van der Waals surface area contributed by atoms with Crippen LogP contribution in [0.25, 0.3) is 27.8 Å². The van der Waals surface area contributed by atoms with Crippen molar-refractivity contribution in [3.8, 4) is 5.69 Å². The Labute approximate surface area is 206 Å². The van der Waals surface area contributed by atoms with Crippen molar-refractivity contribution in [1.82, 2.24) is 29.5 Å². The molecule has 0 spiro atoms. The quantitative estimate of drug-likeness (QED) is 0.309. The second-order valence-electron chi connectivity index (χ2n) is 7.42. The molecule has 0 amide bonds. The summed E-state index contributed by atoms with van der Waals surface area (Å²) >= 11 is 18.6. The topological polar surface area (TPSA) is 101 Å². The Morgan fingerprint density at radius 1 is 1.12 bits per heavy atom. The van der Waals surface area contributed by atoms with Crippen molar-refractivity contribution < 1.29 is 4.39 Å². The Bertz CT molecular complexity index is 1600. The predicted molar refractivity (Wildman–Crippen MR) is 131 cm³/mol. The van der Waals surface area contributed by atoms with Gasteiger partial charge in [-0.05, 0) is 36.8 Å². The summed E-state index contributed by atoms with van der Waals surface area (Å²) in [5.74, 6) is 0.0761. The van der Waals surface area contributed by atoms with Crippen LogP contribution in [0.3, 0.4) is 0 Å². The zero-order valence-electron chi connectivity index (χ0n) is 17.5. The number of fused-ring (bicyclic) bond motifs is 2. The third-order valence-corrected chi connectivity index (χ3v) is 6.11. The molecule has 172 valence electrons. The van der Waals surface area contributed by atoms with Crippen molar-refractivity contribution in [3.63, 3.8) is 0 Å². The standard InChI is InChI=1S/C22H15Cl3FN7O/c1-2-14(31-20-18-19(28-8-27-18)29-9-30-20)21-32-15-4-3-13(26)17(25)16(15)22(34)33(21)12-6-10(23)5-11(24)7-12/h3-9,14H,2H2,1H3,(H2,27,28,29,30,31). The van der Waals surface area contributed by atoms with E-state index in [2.05, 4.69) is 25.3 Å². The largest absolute Gasteiger partial charge is 0.358 e. The highest BCUT2D eigenvalue weighted by atomic mass is 35.5. The van der Waals surface area contributed by atoms with Crippen LogP contribution in [0.2, 0.25) is 15.1 Å². The van der Waals surface area contributed by atoms with Gasteiger partial charge in [0.05, 0.1) is 34.0 Å². The average molecular weight is 519 g/mol. The Morgan fingerprint density at radius 3 is 2.62 bits per heavy atom. The molecule has 0 saturated heterocycles. The van der Waals surface area contributed by atoms with Gasteiger partial charge in [0.2, 0.25) is 0 Å². The van der Waals surface area contributed by atoms with Crippen molar-refractivity contribution in [3.05, 3.63) is 80.0 Å². The number of imidazole rings is 1. The number of aromatic amines is 1. The van der Waals surface area contributed by atoms with Crippen LogP contribution in [0.1, 0.15) is 25.2 Å². The number of hydrogen-bond donors (Lipinski definition) is 2. The number of halogens is 4. The summed E-state index contributed by atoms with van der Waals surface area (Å²) in [6.45, 7) is 1.92. The first-order valence-corrected chi connectivity index (χ1v) is 11.3. The van der Waals surface area contributed by atoms with E-state index in [1.165, 1.54) is 29.4 Å². The van der Waals surface area contributed by atoms with Gasteiger partial charge in [-0.3, -0.25) is 9.36 Å². The molecule has 1 atom stereocenters. The number of nitrogens with one attached hydrogen (secondary N) is 2. The minimum atomic E-state index is -0.719. The van der Waals surface area contributed by atoms with Crippen molar-refractivity contribution in [1.29, 1.82) is 0 Å². The summed E-state index contributed by atoms with van der Waals surface area (Å²) in [5.41, 5.74) is 1.14. The van der Waals surface area contributed by atoms with E-state index in [4.69, 9.17) is 39.8 Å². The molecular formula is C22H15Cl3FN7O. The Balaban J connectivity index is 1.78. The van der Waals surface area contributed by atoms with Gasteiger partial charge in [0, 0.05) is 10.0 Å². The number of benzene rings is 2. The van der Waals surface area contributed by atoms with Gasteiger partial charge in [-0.1, -0.05) is 41.7 Å². The van der Waals surface area contributed by atoms with Crippen LogP contribution in [-0.2, 0) is 0 Å². The second kappa shape index (κ2) is 8.83. The first kappa shape index (κ1) is 22.5. The smallest absolute Gasteiger partial charge is 0.267 e. The summed E-state index contributed by atoms with van der Waals surface area (Å²) < 4.78 is 15.6. The maximum absolute atomic E-state index is 14.2. The van der Waals surface area contributed by atoms with Crippen LogP contribution in [-0.4, -0.2) is 29.5 Å². The molecule has 34 heavy (non-hydrogen) atoms. The van der Waals surface area contributed by atoms with Gasteiger partial charge in [0.25, 0.3) is 5.56 Å². The summed E-state index contributed by atoms with van der Waals surface area (Å²) in [6, 6.07) is 6.77. The van der Waals surface area contributed by atoms with Crippen molar-refractivity contribution >= 4 is 62.7 Å². The van der Waals surface area contributed by atoms with Crippen LogP contribution < -0.4 is 10.9 Å². The molecule has 2 N–H and O–H groups in total. The molecule has 0 saturated carbocycles. The van der Waals surface area contributed by atoms with Crippen LogP contribution in [0.4, 0.5) is 10.2 Å². The molecule has 0 aliphatic heterocycles. The molecule has 0 aliphatic rings. The molecule has 3 aromatic heterocycles. The van der Waals surface area contributed by atoms with Gasteiger partial charge in [-0.2, -0.15) is 0 Å². The van der Waals surface area contributed by atoms with Gasteiger partial charge < -0.3 is 10.3 Å². The van der Waals surface area contributed by atoms with Crippen molar-refractivity contribution in [2.45, 2.75) is 19.4 Å². The zero-order chi connectivity index (χ0) is 24.0. The average Bonchev–Trinajstić information content (AvgIpc) is 3.28. The number of H-pyrrole nitrogens is 1. The van der Waals surface area contributed by atoms with E-state index < -0.39 is 17.4 Å². The van der Waals surface area contributed by atoms with Crippen LogP contribution in [0.15, 0.2) is 47.8 Å². The van der Waals surface area contributed by atoms with E-state index in [0.717, 1.165) is 0 Å². The van der Waals surface area contributed by atoms with E-state index in [0.29, 0.717) is 45.0 Å². The molecule has 12 heteroatoms. The SMILES string of the molecule is CCC(Nc1ncnc2[nH]cnc12)c1nc2ccc(F)c(Cl)c2c(=O)n1-c1cc(Cl)cc(Cl)c1. The maximum atomic E-state index is 14.2. The minimum absolute atomic E-state index is 0.0481. The number of anilines is 1. The van der Waals surface area contributed by atoms with Crippen LogP contribution >= 0.6 is 34.8 Å². The highest BCUT2D eigenvalue weighted by Gasteiger charge is 2.24. The number of nitrogens with zero attached hydrogens (tertiary/aromatic N) is 5. The molecule has 3 heterocycles. The lowest BCUT2D eigenvalue weighted by atomic mass is 10.1. The van der Waals surface area contributed by atoms with Crippen LogP contribution in [0.5, 0.6) is 0 Å². The van der Waals surface area contributed by atoms with E-state index >= 15 is 0 Å². The van der Waals surface area contributed by atoms with Crippen molar-refractivity contribution in [2.75, 3.05) is 5.32 Å². The molecule has 0 fully saturated rings. The van der Waals surface area contributed by atoms with E-state index in [-0.39, 0.29) is 15.9 Å².